The lowest BCUT2D eigenvalue weighted by molar-refractivity contribution is 0.252. The van der Waals surface area contributed by atoms with Crippen LogP contribution in [0.3, 0.4) is 0 Å². The molecular formula is C23H29F. The molecule has 0 aromatic heterocycles. The van der Waals surface area contributed by atoms with E-state index in [1.165, 1.54) is 50.5 Å². The van der Waals surface area contributed by atoms with Gasteiger partial charge in [-0.3, -0.25) is 0 Å². The minimum Gasteiger partial charge on any atom is -0.207 e. The first kappa shape index (κ1) is 12.7. The standard InChI is InChI=1S/C23H29F/c1-2-3-18-4-6-19(7-5-18)8-9-20-10-12-21(13-11-20)22-14-16-23(24)17-15-22/h10-19H,2-9H2,1H3/i14D,15D,16D,17D. The van der Waals surface area contributed by atoms with Gasteiger partial charge in [0.1, 0.15) is 5.82 Å². The summed E-state index contributed by atoms with van der Waals surface area (Å²) in [6, 6.07) is 5.77. The van der Waals surface area contributed by atoms with E-state index in [2.05, 4.69) is 6.92 Å². The molecule has 0 saturated heterocycles. The largest absolute Gasteiger partial charge is 0.207 e. The second-order valence-corrected chi connectivity index (χ2v) is 7.10. The third kappa shape index (κ3) is 4.69. The van der Waals surface area contributed by atoms with Gasteiger partial charge in [0.15, 0.2) is 0 Å². The Hall–Kier alpha value is -1.63. The Balaban J connectivity index is 1.65. The highest BCUT2D eigenvalue weighted by atomic mass is 19.1. The average Bonchev–Trinajstić information content (AvgIpc) is 2.71. The number of aryl methyl sites for hydroxylation is 1. The molecule has 3 rings (SSSR count). The van der Waals surface area contributed by atoms with Gasteiger partial charge in [0.05, 0.1) is 5.48 Å². The van der Waals surface area contributed by atoms with Crippen molar-refractivity contribution < 1.29 is 9.87 Å². The Morgan fingerprint density at radius 1 is 0.875 bits per heavy atom. The van der Waals surface area contributed by atoms with Crippen molar-refractivity contribution in [2.45, 2.75) is 58.3 Å². The molecule has 1 aliphatic carbocycles. The summed E-state index contributed by atoms with van der Waals surface area (Å²) in [4.78, 5) is 0. The first-order valence-corrected chi connectivity index (χ1v) is 9.27. The van der Waals surface area contributed by atoms with Crippen molar-refractivity contribution in [3.63, 3.8) is 0 Å². The van der Waals surface area contributed by atoms with Crippen molar-refractivity contribution in [2.75, 3.05) is 0 Å². The van der Waals surface area contributed by atoms with E-state index >= 15 is 0 Å². The van der Waals surface area contributed by atoms with Gasteiger partial charge >= 0.3 is 0 Å². The first-order chi connectivity index (χ1) is 13.4. The maximum absolute atomic E-state index is 13.7. The first-order valence-electron chi connectivity index (χ1n) is 11.3. The summed E-state index contributed by atoms with van der Waals surface area (Å²) in [5.41, 5.74) is 1.98. The van der Waals surface area contributed by atoms with Crippen LogP contribution < -0.4 is 0 Å². The fourth-order valence-corrected chi connectivity index (χ4v) is 3.87. The van der Waals surface area contributed by atoms with Gasteiger partial charge in [0.2, 0.25) is 0 Å². The van der Waals surface area contributed by atoms with Crippen LogP contribution in [-0.2, 0) is 6.42 Å². The molecule has 128 valence electrons. The average molecular weight is 329 g/mol. The molecule has 0 amide bonds. The zero-order chi connectivity index (χ0) is 20.3. The van der Waals surface area contributed by atoms with Crippen LogP contribution in [0.1, 0.15) is 62.9 Å². The molecule has 2 aromatic rings. The maximum atomic E-state index is 13.7. The third-order valence-electron chi connectivity index (χ3n) is 5.34. The fraction of sp³-hybridized carbons (Fsp3) is 0.478. The van der Waals surface area contributed by atoms with Gasteiger partial charge in [0.25, 0.3) is 0 Å². The van der Waals surface area contributed by atoms with Crippen molar-refractivity contribution in [2.24, 2.45) is 11.8 Å². The molecule has 1 heteroatoms. The molecule has 0 nitrogen and oxygen atoms in total. The highest BCUT2D eigenvalue weighted by molar-refractivity contribution is 5.63. The Morgan fingerprint density at radius 2 is 1.46 bits per heavy atom. The van der Waals surface area contributed by atoms with Crippen molar-refractivity contribution in [3.05, 3.63) is 59.8 Å². The van der Waals surface area contributed by atoms with Gasteiger partial charge in [0, 0.05) is 0 Å². The molecule has 0 atom stereocenters. The van der Waals surface area contributed by atoms with Gasteiger partial charge in [-0.15, -0.1) is 0 Å². The van der Waals surface area contributed by atoms with Gasteiger partial charge in [-0.25, -0.2) is 4.39 Å². The van der Waals surface area contributed by atoms with Crippen LogP contribution in [0.15, 0.2) is 48.4 Å². The molecule has 1 saturated carbocycles. The molecular weight excluding hydrogens is 295 g/mol. The van der Waals surface area contributed by atoms with Crippen LogP contribution in [0.5, 0.6) is 0 Å². The summed E-state index contributed by atoms with van der Waals surface area (Å²) in [5.74, 6) is 0.642. The quantitative estimate of drug-likeness (QED) is 0.534. The van der Waals surface area contributed by atoms with E-state index in [1.54, 1.807) is 0 Å². The Morgan fingerprint density at radius 3 is 2.04 bits per heavy atom. The van der Waals surface area contributed by atoms with E-state index in [1.807, 2.05) is 24.3 Å². The van der Waals surface area contributed by atoms with Crippen LogP contribution in [0, 0.1) is 17.7 Å². The molecule has 0 spiro atoms. The summed E-state index contributed by atoms with van der Waals surface area (Å²) in [6.07, 6.45) is 10.3. The number of halogens is 1. The van der Waals surface area contributed by atoms with Crippen LogP contribution in [0.2, 0.25) is 0 Å². The molecule has 0 N–H and O–H groups in total. The summed E-state index contributed by atoms with van der Waals surface area (Å²) in [7, 11) is 0. The molecule has 2 aromatic carbocycles. The Kier molecular flexibility index (Phi) is 4.48. The monoisotopic (exact) mass is 328 g/mol. The van der Waals surface area contributed by atoms with Gasteiger partial charge < -0.3 is 0 Å². The van der Waals surface area contributed by atoms with E-state index < -0.39 is 17.9 Å². The lowest BCUT2D eigenvalue weighted by Crippen LogP contribution is -2.15. The van der Waals surface area contributed by atoms with E-state index in [9.17, 15) is 4.39 Å². The third-order valence-corrected chi connectivity index (χ3v) is 5.34. The fourth-order valence-electron chi connectivity index (χ4n) is 3.87. The lowest BCUT2D eigenvalue weighted by atomic mass is 9.78. The Bertz CT molecular complexity index is 779. The highest BCUT2D eigenvalue weighted by Gasteiger charge is 2.20. The van der Waals surface area contributed by atoms with E-state index in [4.69, 9.17) is 5.48 Å². The summed E-state index contributed by atoms with van der Waals surface area (Å²) in [5, 5.41) is 0. The zero-order valence-electron chi connectivity index (χ0n) is 18.5. The second kappa shape index (κ2) is 8.46. The van der Waals surface area contributed by atoms with E-state index in [0.717, 1.165) is 18.3 Å². The van der Waals surface area contributed by atoms with Gasteiger partial charge in [-0.2, -0.15) is 0 Å². The van der Waals surface area contributed by atoms with E-state index in [-0.39, 0.29) is 17.6 Å². The second-order valence-electron chi connectivity index (χ2n) is 7.10. The van der Waals surface area contributed by atoms with Gasteiger partial charge in [-0.1, -0.05) is 81.8 Å². The highest BCUT2D eigenvalue weighted by Crippen LogP contribution is 2.34. The zero-order valence-corrected chi connectivity index (χ0v) is 14.5. The molecule has 0 aliphatic heterocycles. The number of hydrogen-bond acceptors (Lipinski definition) is 0. The van der Waals surface area contributed by atoms with Crippen molar-refractivity contribution in [3.8, 4) is 11.1 Å². The minimum absolute atomic E-state index is 0.164. The summed E-state index contributed by atoms with van der Waals surface area (Å²) < 4.78 is 45.1. The minimum atomic E-state index is -1.09. The molecule has 1 aliphatic rings. The molecule has 0 radical (unpaired) electrons. The maximum Gasteiger partial charge on any atom is 0.123 e. The van der Waals surface area contributed by atoms with Crippen LogP contribution >= 0.6 is 0 Å². The predicted octanol–water partition coefficient (Wildman–Crippen LogP) is 7.03. The number of hydrogen-bond donors (Lipinski definition) is 0. The van der Waals surface area contributed by atoms with Crippen LogP contribution in [0.25, 0.3) is 11.1 Å². The van der Waals surface area contributed by atoms with Crippen molar-refractivity contribution in [1.82, 2.24) is 0 Å². The van der Waals surface area contributed by atoms with Crippen molar-refractivity contribution >= 4 is 0 Å². The normalized spacial score (nSPS) is 23.2. The molecule has 0 heterocycles. The topological polar surface area (TPSA) is 0 Å². The lowest BCUT2D eigenvalue weighted by Gasteiger charge is -2.28. The molecule has 0 unspecified atom stereocenters. The van der Waals surface area contributed by atoms with E-state index in [0.29, 0.717) is 5.56 Å². The summed E-state index contributed by atoms with van der Waals surface area (Å²) >= 11 is 0. The SMILES string of the molecule is [2H]c1c([2H])c(-c2ccc(CCC3CCC(CCC)CC3)cc2)c([2H])c([2H])c1F. The Labute approximate surface area is 151 Å². The molecule has 24 heavy (non-hydrogen) atoms. The smallest absolute Gasteiger partial charge is 0.123 e. The number of benzene rings is 2. The predicted molar refractivity (Wildman–Crippen MR) is 101 cm³/mol. The molecule has 1 fully saturated rings. The number of rotatable bonds is 6. The molecule has 0 bridgehead atoms. The van der Waals surface area contributed by atoms with Crippen molar-refractivity contribution in [1.29, 1.82) is 0 Å². The van der Waals surface area contributed by atoms with Crippen LogP contribution in [0.4, 0.5) is 4.39 Å². The van der Waals surface area contributed by atoms with Crippen LogP contribution in [-0.4, -0.2) is 0 Å². The summed E-state index contributed by atoms with van der Waals surface area (Å²) in [6.45, 7) is 2.27. The van der Waals surface area contributed by atoms with Gasteiger partial charge in [-0.05, 0) is 53.5 Å².